The van der Waals surface area contributed by atoms with E-state index in [0.717, 1.165) is 40.2 Å². The quantitative estimate of drug-likeness (QED) is 0.609. The third-order valence-electron chi connectivity index (χ3n) is 0.236. The van der Waals surface area contributed by atoms with Crippen LogP contribution in [-0.2, 0) is 0.951 Å². The molecule has 0 fully saturated rings. The molecular weight excluding hydrogens is 192 g/mol. The molecule has 0 saturated heterocycles. The first-order chi connectivity index (χ1) is 2.27. The molecule has 0 aromatic carbocycles. The van der Waals surface area contributed by atoms with Crippen LogP contribution in [0.2, 0.25) is 0 Å². The van der Waals surface area contributed by atoms with Gasteiger partial charge in [-0.1, -0.05) is 0 Å². The molecule has 0 bridgehead atoms. The van der Waals surface area contributed by atoms with Crippen LogP contribution in [0.3, 0.4) is 0 Å². The summed E-state index contributed by atoms with van der Waals surface area (Å²) in [7, 11) is 0. The monoisotopic (exact) mass is 199 g/mol. The van der Waals surface area contributed by atoms with Crippen LogP contribution in [-0.4, -0.2) is 6.10 Å². The summed E-state index contributed by atoms with van der Waals surface area (Å²) in [6.45, 7) is 4.07. The fourth-order valence-corrected chi connectivity index (χ4v) is 0. The molecule has 0 rings (SSSR count). The van der Waals surface area contributed by atoms with E-state index in [1.165, 1.54) is 0 Å². The SMILES string of the molecule is CC(C)[O][Ce]. The van der Waals surface area contributed by atoms with Gasteiger partial charge in [-0.2, -0.15) is 0 Å². The minimum atomic E-state index is 0.446. The summed E-state index contributed by atoms with van der Waals surface area (Å²) in [5, 5.41) is 0. The summed E-state index contributed by atoms with van der Waals surface area (Å²) in [6, 6.07) is 0. The van der Waals surface area contributed by atoms with Crippen LogP contribution in [0.15, 0.2) is 0 Å². The molecule has 0 N–H and O–H groups in total. The van der Waals surface area contributed by atoms with Crippen LogP contribution in [0.5, 0.6) is 0 Å². The van der Waals surface area contributed by atoms with Crippen molar-refractivity contribution in [3.05, 3.63) is 0 Å². The zero-order chi connectivity index (χ0) is 4.28. The molecule has 0 aromatic rings. The standard InChI is InChI=1S/C3H7O.Ce/c1-3(2)4;/h3H,1-2H3;/q-1;+1. The fraction of sp³-hybridized carbons (Fsp3) is 1.00. The van der Waals surface area contributed by atoms with E-state index in [1.54, 1.807) is 0 Å². The fourth-order valence-electron chi connectivity index (χ4n) is 0. The summed E-state index contributed by atoms with van der Waals surface area (Å²) in [5.74, 6) is 0. The molecule has 5 heavy (non-hydrogen) atoms. The zero-order valence-corrected chi connectivity index (χ0v) is 6.63. The molecule has 2 heteroatoms. The van der Waals surface area contributed by atoms with Crippen molar-refractivity contribution in [2.75, 3.05) is 0 Å². The van der Waals surface area contributed by atoms with Gasteiger partial charge in [-0.05, 0) is 0 Å². The van der Waals surface area contributed by atoms with Gasteiger partial charge in [0.05, 0.1) is 0 Å². The van der Waals surface area contributed by atoms with Gasteiger partial charge in [-0.25, -0.2) is 0 Å². The molecule has 0 atom stereocenters. The van der Waals surface area contributed by atoms with E-state index in [0.29, 0.717) is 6.10 Å². The van der Waals surface area contributed by atoms with Crippen molar-refractivity contribution in [1.82, 2.24) is 0 Å². The first-order valence-corrected chi connectivity index (χ1v) is 2.88. The summed E-state index contributed by atoms with van der Waals surface area (Å²) in [5.41, 5.74) is 0. The van der Waals surface area contributed by atoms with E-state index < -0.39 is 0 Å². The average molecular weight is 199 g/mol. The van der Waals surface area contributed by atoms with Crippen LogP contribution in [0.25, 0.3) is 0 Å². The molecule has 1 nitrogen and oxygen atoms in total. The Morgan fingerprint density at radius 2 is 1.80 bits per heavy atom. The minimum absolute atomic E-state index is 0.446. The molecule has 0 aliphatic carbocycles. The van der Waals surface area contributed by atoms with Gasteiger partial charge >= 0.3 is 61.2 Å². The molecule has 0 unspecified atom stereocenters. The maximum absolute atomic E-state index is 4.89. The van der Waals surface area contributed by atoms with Gasteiger partial charge in [0, 0.05) is 0 Å². The van der Waals surface area contributed by atoms with Crippen molar-refractivity contribution >= 4 is 0 Å². The molecule has 0 saturated carbocycles. The van der Waals surface area contributed by atoms with E-state index in [1.807, 2.05) is 13.8 Å². The summed E-state index contributed by atoms with van der Waals surface area (Å²) < 4.78 is 4.89. The van der Waals surface area contributed by atoms with Crippen molar-refractivity contribution < 1.29 is 41.2 Å². The van der Waals surface area contributed by atoms with Crippen molar-refractivity contribution in [1.29, 1.82) is 0 Å². The summed E-state index contributed by atoms with van der Waals surface area (Å²) in [4.78, 5) is 0. The van der Waals surface area contributed by atoms with E-state index in [4.69, 9.17) is 0.951 Å². The van der Waals surface area contributed by atoms with E-state index in [-0.39, 0.29) is 0 Å². The van der Waals surface area contributed by atoms with Crippen LogP contribution in [0.4, 0.5) is 0 Å². The topological polar surface area (TPSA) is 9.23 Å². The van der Waals surface area contributed by atoms with E-state index >= 15 is 0 Å². The Morgan fingerprint density at radius 3 is 1.80 bits per heavy atom. The average Bonchev–Trinajstić information content (AvgIpc) is 1.38. The van der Waals surface area contributed by atoms with Crippen molar-refractivity contribution in [3.63, 3.8) is 0 Å². The van der Waals surface area contributed by atoms with Crippen molar-refractivity contribution in [2.24, 2.45) is 0 Å². The molecule has 0 radical (unpaired) electrons. The Balaban J connectivity index is 2.54. The second-order valence-electron chi connectivity index (χ2n) is 1.17. The second-order valence-corrected chi connectivity index (χ2v) is 1.91. The predicted octanol–water partition coefficient (Wildman–Crippen LogP) is 0.876. The summed E-state index contributed by atoms with van der Waals surface area (Å²) in [6.07, 6.45) is 0.446. The van der Waals surface area contributed by atoms with Crippen LogP contribution >= 0.6 is 0 Å². The van der Waals surface area contributed by atoms with Crippen LogP contribution in [0.1, 0.15) is 13.8 Å². The second kappa shape index (κ2) is 3.52. The summed E-state index contributed by atoms with van der Waals surface area (Å²) >= 11 is 0.873. The molecular formula is C3H7CeO. The Kier molecular flexibility index (Phi) is 4.47. The Bertz CT molecular complexity index is 20.9. The van der Waals surface area contributed by atoms with E-state index in [9.17, 15) is 0 Å². The molecule has 0 spiro atoms. The van der Waals surface area contributed by atoms with Gasteiger partial charge in [0.15, 0.2) is 0 Å². The predicted molar refractivity (Wildman–Crippen MR) is 16.2 cm³/mol. The van der Waals surface area contributed by atoms with Crippen molar-refractivity contribution in [2.45, 2.75) is 20.0 Å². The number of hydrogen-bond acceptors (Lipinski definition) is 1. The van der Waals surface area contributed by atoms with Gasteiger partial charge in [-0.3, -0.25) is 0 Å². The van der Waals surface area contributed by atoms with Crippen molar-refractivity contribution in [3.8, 4) is 0 Å². The first-order valence-electron chi connectivity index (χ1n) is 1.59. The molecule has 0 heterocycles. The van der Waals surface area contributed by atoms with E-state index in [2.05, 4.69) is 0 Å². The Labute approximate surface area is 60.5 Å². The Morgan fingerprint density at radius 1 is 1.60 bits per heavy atom. The Hall–Kier alpha value is 1.34. The normalized spacial score (nSPS) is 9.20. The molecule has 0 aliphatic heterocycles. The zero-order valence-electron chi connectivity index (χ0n) is 3.49. The molecule has 29 valence electrons. The molecule has 0 aliphatic rings. The van der Waals surface area contributed by atoms with Gasteiger partial charge < -0.3 is 0 Å². The van der Waals surface area contributed by atoms with Gasteiger partial charge in [0.25, 0.3) is 0 Å². The molecule has 0 aromatic heterocycles. The maximum atomic E-state index is 4.89. The first kappa shape index (κ1) is 6.34. The van der Waals surface area contributed by atoms with Crippen LogP contribution < -0.4 is 0 Å². The number of rotatable bonds is 1. The van der Waals surface area contributed by atoms with Gasteiger partial charge in [-0.15, -0.1) is 0 Å². The van der Waals surface area contributed by atoms with Gasteiger partial charge in [0.2, 0.25) is 0 Å². The third kappa shape index (κ3) is 5.34. The van der Waals surface area contributed by atoms with Gasteiger partial charge in [0.1, 0.15) is 0 Å². The third-order valence-corrected chi connectivity index (χ3v) is 1.72. The molecule has 0 amide bonds. The van der Waals surface area contributed by atoms with Crippen LogP contribution in [0, 0.1) is 40.2 Å². The number of hydrogen-bond donors (Lipinski definition) is 0.